The molecule has 4 rings (SSSR count). The van der Waals surface area contributed by atoms with Crippen molar-refractivity contribution in [2.75, 3.05) is 52.5 Å². The van der Waals surface area contributed by atoms with Crippen LogP contribution in [0.5, 0.6) is 0 Å². The van der Waals surface area contributed by atoms with E-state index in [-0.39, 0.29) is 24.6 Å². The molecular formula is C21H35N3O4. The van der Waals surface area contributed by atoms with Crippen molar-refractivity contribution in [3.8, 4) is 0 Å². The number of ether oxygens (including phenoxy) is 2. The first kappa shape index (κ1) is 20.0. The molecule has 28 heavy (non-hydrogen) atoms. The summed E-state index contributed by atoms with van der Waals surface area (Å²) >= 11 is 0. The number of carbonyl (C=O) groups is 2. The Balaban J connectivity index is 1.30. The van der Waals surface area contributed by atoms with Gasteiger partial charge in [0, 0.05) is 25.7 Å². The zero-order valence-corrected chi connectivity index (χ0v) is 17.0. The standard InChI is InChI=1S/C21H35N3O4/c25-20(16-23-11-13-28-21(23)26)24(15-19-6-3-12-27-19)14-17-7-9-22(10-8-17)18-4-1-2-5-18/h17-19H,1-16H2. The van der Waals surface area contributed by atoms with Crippen LogP contribution in [0.25, 0.3) is 0 Å². The van der Waals surface area contributed by atoms with E-state index in [4.69, 9.17) is 9.47 Å². The van der Waals surface area contributed by atoms with Crippen LogP contribution in [0.15, 0.2) is 0 Å². The molecule has 0 radical (unpaired) electrons. The van der Waals surface area contributed by atoms with Gasteiger partial charge in [0.15, 0.2) is 0 Å². The minimum Gasteiger partial charge on any atom is -0.448 e. The fraction of sp³-hybridized carbons (Fsp3) is 0.905. The summed E-state index contributed by atoms with van der Waals surface area (Å²) in [5.74, 6) is 0.584. The predicted molar refractivity (Wildman–Crippen MR) is 105 cm³/mol. The van der Waals surface area contributed by atoms with E-state index in [1.807, 2.05) is 4.90 Å². The van der Waals surface area contributed by atoms with E-state index in [2.05, 4.69) is 4.90 Å². The molecule has 0 aromatic carbocycles. The maximum Gasteiger partial charge on any atom is 0.410 e. The predicted octanol–water partition coefficient (Wildman–Crippen LogP) is 2.10. The lowest BCUT2D eigenvalue weighted by atomic mass is 9.94. The largest absolute Gasteiger partial charge is 0.448 e. The average molecular weight is 394 g/mol. The molecule has 4 aliphatic rings. The molecule has 7 heteroatoms. The van der Waals surface area contributed by atoms with Gasteiger partial charge in [0.2, 0.25) is 5.91 Å². The Morgan fingerprint density at radius 2 is 1.75 bits per heavy atom. The van der Waals surface area contributed by atoms with Gasteiger partial charge in [-0.2, -0.15) is 0 Å². The molecule has 3 aliphatic heterocycles. The van der Waals surface area contributed by atoms with Crippen LogP contribution in [0, 0.1) is 5.92 Å². The lowest BCUT2D eigenvalue weighted by Crippen LogP contribution is -2.48. The van der Waals surface area contributed by atoms with Gasteiger partial charge in [-0.25, -0.2) is 4.79 Å². The van der Waals surface area contributed by atoms with Crippen LogP contribution in [-0.2, 0) is 14.3 Å². The summed E-state index contributed by atoms with van der Waals surface area (Å²) < 4.78 is 10.8. The second-order valence-corrected chi connectivity index (χ2v) is 8.89. The molecule has 0 spiro atoms. The Bertz CT molecular complexity index is 538. The molecule has 1 aliphatic carbocycles. The topological polar surface area (TPSA) is 62.3 Å². The lowest BCUT2D eigenvalue weighted by molar-refractivity contribution is -0.134. The normalized spacial score (nSPS) is 27.5. The van der Waals surface area contributed by atoms with Gasteiger partial charge in [-0.15, -0.1) is 0 Å². The van der Waals surface area contributed by atoms with Crippen LogP contribution < -0.4 is 0 Å². The summed E-state index contributed by atoms with van der Waals surface area (Å²) in [7, 11) is 0. The highest BCUT2D eigenvalue weighted by atomic mass is 16.6. The molecule has 7 nitrogen and oxygen atoms in total. The van der Waals surface area contributed by atoms with E-state index in [9.17, 15) is 9.59 Å². The molecular weight excluding hydrogens is 358 g/mol. The first-order chi connectivity index (χ1) is 13.7. The maximum atomic E-state index is 13.0. The Morgan fingerprint density at radius 1 is 0.964 bits per heavy atom. The Kier molecular flexibility index (Phi) is 6.73. The molecule has 158 valence electrons. The first-order valence-electron chi connectivity index (χ1n) is 11.2. The van der Waals surface area contributed by atoms with Crippen molar-refractivity contribution in [3.63, 3.8) is 0 Å². The van der Waals surface area contributed by atoms with Crippen molar-refractivity contribution in [2.24, 2.45) is 5.92 Å². The molecule has 1 saturated carbocycles. The van der Waals surface area contributed by atoms with E-state index < -0.39 is 0 Å². The highest BCUT2D eigenvalue weighted by Gasteiger charge is 2.32. The number of nitrogens with zero attached hydrogens (tertiary/aromatic N) is 3. The molecule has 0 N–H and O–H groups in total. The Morgan fingerprint density at radius 3 is 2.39 bits per heavy atom. The number of rotatable bonds is 7. The van der Waals surface area contributed by atoms with Crippen LogP contribution in [0.3, 0.4) is 0 Å². The minimum atomic E-state index is -0.365. The van der Waals surface area contributed by atoms with Crippen molar-refractivity contribution in [2.45, 2.75) is 63.5 Å². The summed E-state index contributed by atoms with van der Waals surface area (Å²) in [5, 5.41) is 0. The first-order valence-corrected chi connectivity index (χ1v) is 11.2. The van der Waals surface area contributed by atoms with Crippen LogP contribution in [0.2, 0.25) is 0 Å². The summed E-state index contributed by atoms with van der Waals surface area (Å²) in [6.07, 6.45) is 9.69. The van der Waals surface area contributed by atoms with Crippen molar-refractivity contribution >= 4 is 12.0 Å². The highest BCUT2D eigenvalue weighted by molar-refractivity contribution is 5.83. The maximum absolute atomic E-state index is 13.0. The molecule has 2 amide bonds. The quantitative estimate of drug-likeness (QED) is 0.663. The van der Waals surface area contributed by atoms with E-state index in [0.717, 1.165) is 58.0 Å². The Labute approximate surface area is 168 Å². The van der Waals surface area contributed by atoms with Gasteiger partial charge < -0.3 is 19.3 Å². The van der Waals surface area contributed by atoms with Crippen LogP contribution >= 0.6 is 0 Å². The van der Waals surface area contributed by atoms with Gasteiger partial charge in [-0.3, -0.25) is 9.69 Å². The van der Waals surface area contributed by atoms with Crippen LogP contribution in [-0.4, -0.2) is 91.3 Å². The van der Waals surface area contributed by atoms with E-state index in [1.54, 1.807) is 0 Å². The molecule has 4 fully saturated rings. The van der Waals surface area contributed by atoms with Gasteiger partial charge >= 0.3 is 6.09 Å². The van der Waals surface area contributed by atoms with Gasteiger partial charge in [0.25, 0.3) is 0 Å². The SMILES string of the molecule is O=C(CN1CCOC1=O)N(CC1CCN(C2CCCC2)CC1)CC1CCCO1. The van der Waals surface area contributed by atoms with E-state index >= 15 is 0 Å². The van der Waals surface area contributed by atoms with Crippen molar-refractivity contribution in [1.82, 2.24) is 14.7 Å². The third-order valence-corrected chi connectivity index (χ3v) is 6.94. The van der Waals surface area contributed by atoms with Gasteiger partial charge in [-0.05, 0) is 57.5 Å². The third-order valence-electron chi connectivity index (χ3n) is 6.94. The zero-order valence-electron chi connectivity index (χ0n) is 17.0. The number of hydrogen-bond acceptors (Lipinski definition) is 5. The Hall–Kier alpha value is -1.34. The number of hydrogen-bond donors (Lipinski definition) is 0. The van der Waals surface area contributed by atoms with Gasteiger partial charge in [0.05, 0.1) is 12.6 Å². The average Bonchev–Trinajstić information content (AvgIpc) is 3.46. The lowest BCUT2D eigenvalue weighted by Gasteiger charge is -2.38. The van der Waals surface area contributed by atoms with Crippen LogP contribution in [0.1, 0.15) is 51.4 Å². The summed E-state index contributed by atoms with van der Waals surface area (Å²) in [4.78, 5) is 30.9. The molecule has 1 unspecified atom stereocenters. The highest BCUT2D eigenvalue weighted by Crippen LogP contribution is 2.28. The molecule has 3 heterocycles. The van der Waals surface area contributed by atoms with Crippen LogP contribution in [0.4, 0.5) is 4.79 Å². The van der Waals surface area contributed by atoms with E-state index in [1.165, 1.54) is 30.6 Å². The number of cyclic esters (lactones) is 1. The summed E-state index contributed by atoms with van der Waals surface area (Å²) in [6.45, 7) is 5.60. The second kappa shape index (κ2) is 9.44. The third kappa shape index (κ3) is 4.98. The summed E-state index contributed by atoms with van der Waals surface area (Å²) in [6, 6.07) is 0.798. The smallest absolute Gasteiger partial charge is 0.410 e. The fourth-order valence-corrected chi connectivity index (χ4v) is 5.23. The second-order valence-electron chi connectivity index (χ2n) is 8.89. The number of amides is 2. The fourth-order valence-electron chi connectivity index (χ4n) is 5.23. The van der Waals surface area contributed by atoms with Crippen molar-refractivity contribution < 1.29 is 19.1 Å². The molecule has 0 aromatic heterocycles. The monoisotopic (exact) mass is 393 g/mol. The van der Waals surface area contributed by atoms with Crippen molar-refractivity contribution in [3.05, 3.63) is 0 Å². The number of piperidine rings is 1. The van der Waals surface area contributed by atoms with Gasteiger partial charge in [0.1, 0.15) is 13.2 Å². The summed E-state index contributed by atoms with van der Waals surface area (Å²) in [5.41, 5.74) is 0. The van der Waals surface area contributed by atoms with Gasteiger partial charge in [-0.1, -0.05) is 12.8 Å². The number of carbonyl (C=O) groups excluding carboxylic acids is 2. The molecule has 1 atom stereocenters. The van der Waals surface area contributed by atoms with Crippen molar-refractivity contribution in [1.29, 1.82) is 0 Å². The molecule has 0 aromatic rings. The number of likely N-dealkylation sites (tertiary alicyclic amines) is 1. The molecule has 3 saturated heterocycles. The minimum absolute atomic E-state index is 0.0348. The van der Waals surface area contributed by atoms with E-state index in [0.29, 0.717) is 25.6 Å². The molecule has 0 bridgehead atoms. The zero-order chi connectivity index (χ0) is 19.3.